The van der Waals surface area contributed by atoms with E-state index in [1.165, 1.54) is 12.1 Å². The first kappa shape index (κ1) is 16.1. The van der Waals surface area contributed by atoms with Crippen LogP contribution in [0.4, 0.5) is 4.39 Å². The van der Waals surface area contributed by atoms with Gasteiger partial charge < -0.3 is 9.47 Å². The fraction of sp³-hybridized carbons (Fsp3) is 0.467. The van der Waals surface area contributed by atoms with E-state index in [1.807, 2.05) is 20.8 Å². The number of halogens is 1. The molecule has 0 saturated carbocycles. The summed E-state index contributed by atoms with van der Waals surface area (Å²) in [5.74, 6) is -2.40. The van der Waals surface area contributed by atoms with Crippen LogP contribution in [0.5, 0.6) is 0 Å². The molecule has 5 heteroatoms. The van der Waals surface area contributed by atoms with Crippen LogP contribution in [-0.4, -0.2) is 25.2 Å². The minimum absolute atomic E-state index is 0.120. The maximum atomic E-state index is 13.8. The van der Waals surface area contributed by atoms with Gasteiger partial charge in [0.05, 0.1) is 18.8 Å². The highest BCUT2D eigenvalue weighted by molar-refractivity contribution is 6.03. The second-order valence-electron chi connectivity index (χ2n) is 5.52. The molecule has 4 nitrogen and oxygen atoms in total. The van der Waals surface area contributed by atoms with E-state index >= 15 is 0 Å². The Hall–Kier alpha value is -1.91. The van der Waals surface area contributed by atoms with Crippen LogP contribution in [0.2, 0.25) is 0 Å². The first-order valence-corrected chi connectivity index (χ1v) is 6.39. The molecule has 0 heterocycles. The summed E-state index contributed by atoms with van der Waals surface area (Å²) in [6.45, 7) is 7.55. The molecule has 0 radical (unpaired) electrons. The maximum Gasteiger partial charge on any atom is 0.342 e. The highest BCUT2D eigenvalue weighted by atomic mass is 19.1. The standard InChI is InChI=1S/C15H19FO4/c1-5-19-13(17)10-7-6-8-11(16)12(10)14(18)20-9-15(2,3)4/h6-8H,5,9H2,1-4H3. The third kappa shape index (κ3) is 4.33. The van der Waals surface area contributed by atoms with Crippen LogP contribution < -0.4 is 0 Å². The number of carbonyl (C=O) groups excluding carboxylic acids is 2. The molecule has 0 N–H and O–H groups in total. The molecule has 20 heavy (non-hydrogen) atoms. The molecule has 1 rings (SSSR count). The molecule has 0 saturated heterocycles. The second kappa shape index (κ2) is 6.50. The van der Waals surface area contributed by atoms with Crippen LogP contribution >= 0.6 is 0 Å². The van der Waals surface area contributed by atoms with E-state index in [0.717, 1.165) is 6.07 Å². The van der Waals surface area contributed by atoms with Crippen molar-refractivity contribution >= 4 is 11.9 Å². The Kier molecular flexibility index (Phi) is 5.25. The molecule has 110 valence electrons. The third-order valence-electron chi connectivity index (χ3n) is 2.35. The van der Waals surface area contributed by atoms with E-state index in [-0.39, 0.29) is 29.8 Å². The molecule has 0 aliphatic rings. The minimum Gasteiger partial charge on any atom is -0.462 e. The molecule has 1 aromatic carbocycles. The second-order valence-corrected chi connectivity index (χ2v) is 5.52. The number of carbonyl (C=O) groups is 2. The monoisotopic (exact) mass is 282 g/mol. The van der Waals surface area contributed by atoms with Crippen LogP contribution in [0, 0.1) is 11.2 Å². The zero-order valence-electron chi connectivity index (χ0n) is 12.2. The number of rotatable bonds is 4. The Balaban J connectivity index is 3.03. The van der Waals surface area contributed by atoms with Crippen molar-refractivity contribution in [3.05, 3.63) is 35.1 Å². The molecule has 0 spiro atoms. The lowest BCUT2D eigenvalue weighted by Gasteiger charge is -2.18. The molecule has 0 unspecified atom stereocenters. The van der Waals surface area contributed by atoms with Crippen LogP contribution in [0.15, 0.2) is 18.2 Å². The normalized spacial score (nSPS) is 11.1. The van der Waals surface area contributed by atoms with Gasteiger partial charge in [-0.15, -0.1) is 0 Å². The third-order valence-corrected chi connectivity index (χ3v) is 2.35. The van der Waals surface area contributed by atoms with Gasteiger partial charge in [-0.1, -0.05) is 26.8 Å². The largest absolute Gasteiger partial charge is 0.462 e. The summed E-state index contributed by atoms with van der Waals surface area (Å²) in [5, 5.41) is 0. The summed E-state index contributed by atoms with van der Waals surface area (Å²) in [7, 11) is 0. The van der Waals surface area contributed by atoms with E-state index in [1.54, 1.807) is 6.92 Å². The first-order valence-electron chi connectivity index (χ1n) is 6.39. The SMILES string of the molecule is CCOC(=O)c1cccc(F)c1C(=O)OCC(C)(C)C. The van der Waals surface area contributed by atoms with Crippen LogP contribution in [0.1, 0.15) is 48.4 Å². The number of esters is 2. The van der Waals surface area contributed by atoms with E-state index in [0.29, 0.717) is 0 Å². The van der Waals surface area contributed by atoms with Crippen LogP contribution in [0.25, 0.3) is 0 Å². The average molecular weight is 282 g/mol. The van der Waals surface area contributed by atoms with Crippen molar-refractivity contribution in [1.29, 1.82) is 0 Å². The van der Waals surface area contributed by atoms with Gasteiger partial charge in [-0.05, 0) is 24.5 Å². The summed E-state index contributed by atoms with van der Waals surface area (Å²) in [5.41, 5.74) is -0.744. The Morgan fingerprint density at radius 1 is 1.15 bits per heavy atom. The van der Waals surface area contributed by atoms with E-state index in [4.69, 9.17) is 9.47 Å². The van der Waals surface area contributed by atoms with E-state index < -0.39 is 17.8 Å². The number of ether oxygens (including phenoxy) is 2. The minimum atomic E-state index is -0.860. The average Bonchev–Trinajstić information content (AvgIpc) is 2.35. The van der Waals surface area contributed by atoms with Crippen molar-refractivity contribution in [2.45, 2.75) is 27.7 Å². The van der Waals surface area contributed by atoms with Crippen molar-refractivity contribution in [2.75, 3.05) is 13.2 Å². The van der Waals surface area contributed by atoms with Gasteiger partial charge >= 0.3 is 11.9 Å². The molecule has 0 bridgehead atoms. The Morgan fingerprint density at radius 2 is 1.80 bits per heavy atom. The number of hydrogen-bond donors (Lipinski definition) is 0. The van der Waals surface area contributed by atoms with Gasteiger partial charge in [-0.2, -0.15) is 0 Å². The Bertz CT molecular complexity index is 503. The molecular weight excluding hydrogens is 263 g/mol. The lowest BCUT2D eigenvalue weighted by Crippen LogP contribution is -2.21. The molecule has 1 aromatic rings. The van der Waals surface area contributed by atoms with Gasteiger partial charge in [-0.25, -0.2) is 14.0 Å². The van der Waals surface area contributed by atoms with Gasteiger partial charge in [0.25, 0.3) is 0 Å². The fourth-order valence-corrected chi connectivity index (χ4v) is 1.46. The topological polar surface area (TPSA) is 52.6 Å². The predicted molar refractivity (Wildman–Crippen MR) is 72.1 cm³/mol. The van der Waals surface area contributed by atoms with Gasteiger partial charge in [0.2, 0.25) is 0 Å². The van der Waals surface area contributed by atoms with Crippen molar-refractivity contribution in [3.63, 3.8) is 0 Å². The van der Waals surface area contributed by atoms with Gasteiger partial charge in [0, 0.05) is 0 Å². The summed E-state index contributed by atoms with van der Waals surface area (Å²) >= 11 is 0. The highest BCUT2D eigenvalue weighted by Gasteiger charge is 2.24. The highest BCUT2D eigenvalue weighted by Crippen LogP contribution is 2.19. The molecule has 0 atom stereocenters. The fourth-order valence-electron chi connectivity index (χ4n) is 1.46. The summed E-state index contributed by atoms with van der Waals surface area (Å²) in [6.07, 6.45) is 0. The quantitative estimate of drug-likeness (QED) is 0.796. The maximum absolute atomic E-state index is 13.8. The molecule has 0 aliphatic carbocycles. The van der Waals surface area contributed by atoms with Gasteiger partial charge in [0.1, 0.15) is 11.4 Å². The van der Waals surface area contributed by atoms with Crippen LogP contribution in [-0.2, 0) is 9.47 Å². The van der Waals surface area contributed by atoms with E-state index in [2.05, 4.69) is 0 Å². The van der Waals surface area contributed by atoms with Crippen molar-refractivity contribution in [2.24, 2.45) is 5.41 Å². The molecular formula is C15H19FO4. The zero-order chi connectivity index (χ0) is 15.3. The smallest absolute Gasteiger partial charge is 0.342 e. The van der Waals surface area contributed by atoms with Crippen molar-refractivity contribution in [3.8, 4) is 0 Å². The number of benzene rings is 1. The first-order chi connectivity index (χ1) is 9.26. The zero-order valence-corrected chi connectivity index (χ0v) is 12.2. The van der Waals surface area contributed by atoms with Crippen LogP contribution in [0.3, 0.4) is 0 Å². The van der Waals surface area contributed by atoms with E-state index in [9.17, 15) is 14.0 Å². The van der Waals surface area contributed by atoms with Crippen molar-refractivity contribution in [1.82, 2.24) is 0 Å². The summed E-state index contributed by atoms with van der Waals surface area (Å²) < 4.78 is 23.7. The predicted octanol–water partition coefficient (Wildman–Crippen LogP) is 3.21. The van der Waals surface area contributed by atoms with Crippen molar-refractivity contribution < 1.29 is 23.5 Å². The molecule has 0 fully saturated rings. The molecule has 0 aliphatic heterocycles. The lowest BCUT2D eigenvalue weighted by molar-refractivity contribution is 0.0349. The molecule has 0 aromatic heterocycles. The Labute approximate surface area is 117 Å². The molecule has 0 amide bonds. The van der Waals surface area contributed by atoms with Gasteiger partial charge in [-0.3, -0.25) is 0 Å². The summed E-state index contributed by atoms with van der Waals surface area (Å²) in [6, 6.07) is 3.80. The van der Waals surface area contributed by atoms with Gasteiger partial charge in [0.15, 0.2) is 0 Å². The number of hydrogen-bond acceptors (Lipinski definition) is 4. The Morgan fingerprint density at radius 3 is 2.35 bits per heavy atom. The lowest BCUT2D eigenvalue weighted by atomic mass is 9.98. The summed E-state index contributed by atoms with van der Waals surface area (Å²) in [4.78, 5) is 23.7.